The molecule has 2 aromatic carbocycles. The molecule has 0 saturated carbocycles. The molecule has 0 fully saturated rings. The van der Waals surface area contributed by atoms with Crippen molar-refractivity contribution in [3.8, 4) is 0 Å². The molecule has 0 amide bonds. The summed E-state index contributed by atoms with van der Waals surface area (Å²) in [6, 6.07) is 13.7. The molecule has 2 aromatic rings. The lowest BCUT2D eigenvalue weighted by Crippen LogP contribution is -2.30. The molecular formula is C18H21N3O2. The molecule has 1 unspecified atom stereocenters. The van der Waals surface area contributed by atoms with Gasteiger partial charge in [-0.1, -0.05) is 12.1 Å². The number of hydrogen-bond donors (Lipinski definition) is 1. The summed E-state index contributed by atoms with van der Waals surface area (Å²) in [5.41, 5.74) is 4.62. The van der Waals surface area contributed by atoms with Crippen LogP contribution in [0.25, 0.3) is 0 Å². The van der Waals surface area contributed by atoms with E-state index in [2.05, 4.69) is 39.0 Å². The second-order valence-corrected chi connectivity index (χ2v) is 6.09. The van der Waals surface area contributed by atoms with E-state index in [-0.39, 0.29) is 6.17 Å². The molecule has 1 heterocycles. The zero-order chi connectivity index (χ0) is 16.7. The average Bonchev–Trinajstić information content (AvgIpc) is 2.78. The van der Waals surface area contributed by atoms with Gasteiger partial charge < -0.3 is 19.8 Å². The Bertz CT molecular complexity index is 740. The molecule has 1 aliphatic heterocycles. The lowest BCUT2D eigenvalue weighted by molar-refractivity contribution is 0.0697. The number of rotatable bonds is 3. The molecule has 1 N–H and O–H groups in total. The predicted molar refractivity (Wildman–Crippen MR) is 93.7 cm³/mol. The third kappa shape index (κ3) is 2.48. The summed E-state index contributed by atoms with van der Waals surface area (Å²) in [4.78, 5) is 17.6. The van der Waals surface area contributed by atoms with E-state index in [0.717, 1.165) is 17.1 Å². The van der Waals surface area contributed by atoms with Crippen LogP contribution in [0.3, 0.4) is 0 Å². The van der Waals surface area contributed by atoms with Crippen molar-refractivity contribution in [2.75, 3.05) is 42.9 Å². The summed E-state index contributed by atoms with van der Waals surface area (Å²) >= 11 is 0. The number of fused-ring (bicyclic) bond motifs is 1. The van der Waals surface area contributed by atoms with Gasteiger partial charge in [0, 0.05) is 33.9 Å². The van der Waals surface area contributed by atoms with Crippen molar-refractivity contribution in [2.24, 2.45) is 0 Å². The number of carboxylic acid groups (broad SMARTS) is 1. The first-order valence-corrected chi connectivity index (χ1v) is 7.50. The highest BCUT2D eigenvalue weighted by atomic mass is 16.4. The SMILES string of the molecule is CN(C)c1ccc(C2N(C)c3ccc(C(=O)O)cc3N2C)cc1. The molecule has 0 aromatic heterocycles. The standard InChI is InChI=1S/C18H21N3O2/c1-19(2)14-8-5-12(6-9-14)17-20(3)15-10-7-13(18(22)23)11-16(15)21(17)4/h5-11,17H,1-4H3,(H,22,23). The number of nitrogens with zero attached hydrogens (tertiary/aromatic N) is 3. The average molecular weight is 311 g/mol. The van der Waals surface area contributed by atoms with E-state index in [1.807, 2.05) is 34.3 Å². The van der Waals surface area contributed by atoms with Gasteiger partial charge in [0.2, 0.25) is 0 Å². The Hall–Kier alpha value is -2.69. The monoisotopic (exact) mass is 311 g/mol. The van der Waals surface area contributed by atoms with Crippen LogP contribution in [0.15, 0.2) is 42.5 Å². The van der Waals surface area contributed by atoms with Crippen molar-refractivity contribution in [1.82, 2.24) is 0 Å². The second-order valence-electron chi connectivity index (χ2n) is 6.09. The number of carboxylic acids is 1. The Morgan fingerprint density at radius 2 is 1.61 bits per heavy atom. The Labute approximate surface area is 136 Å². The van der Waals surface area contributed by atoms with Gasteiger partial charge in [-0.05, 0) is 35.9 Å². The summed E-state index contributed by atoms with van der Waals surface area (Å²) in [5.74, 6) is -0.900. The van der Waals surface area contributed by atoms with Crippen LogP contribution in [0.2, 0.25) is 0 Å². The van der Waals surface area contributed by atoms with Crippen molar-refractivity contribution in [3.05, 3.63) is 53.6 Å². The molecule has 23 heavy (non-hydrogen) atoms. The first-order chi connectivity index (χ1) is 10.9. The predicted octanol–water partition coefficient (Wildman–Crippen LogP) is 3.04. The van der Waals surface area contributed by atoms with Crippen molar-refractivity contribution in [2.45, 2.75) is 6.17 Å². The third-order valence-corrected chi connectivity index (χ3v) is 4.42. The topological polar surface area (TPSA) is 47.0 Å². The molecule has 5 heteroatoms. The zero-order valence-corrected chi connectivity index (χ0v) is 13.8. The van der Waals surface area contributed by atoms with E-state index in [9.17, 15) is 9.90 Å². The van der Waals surface area contributed by atoms with Crippen molar-refractivity contribution in [3.63, 3.8) is 0 Å². The van der Waals surface area contributed by atoms with E-state index >= 15 is 0 Å². The summed E-state index contributed by atoms with van der Waals surface area (Å²) in [5, 5.41) is 9.20. The Morgan fingerprint density at radius 3 is 2.17 bits per heavy atom. The van der Waals surface area contributed by atoms with E-state index in [0.29, 0.717) is 5.56 Å². The Kier molecular flexibility index (Phi) is 3.64. The van der Waals surface area contributed by atoms with Crippen molar-refractivity contribution < 1.29 is 9.90 Å². The van der Waals surface area contributed by atoms with Gasteiger partial charge in [0.05, 0.1) is 16.9 Å². The summed E-state index contributed by atoms with van der Waals surface area (Å²) < 4.78 is 0. The minimum Gasteiger partial charge on any atom is -0.478 e. The molecule has 1 aliphatic rings. The lowest BCUT2D eigenvalue weighted by Gasteiger charge is -2.28. The smallest absolute Gasteiger partial charge is 0.335 e. The normalized spacial score (nSPS) is 16.4. The summed E-state index contributed by atoms with van der Waals surface area (Å²) in [6.07, 6.45) is 0.0604. The minimum absolute atomic E-state index is 0.0604. The van der Waals surface area contributed by atoms with Gasteiger partial charge in [-0.15, -0.1) is 0 Å². The van der Waals surface area contributed by atoms with Crippen LogP contribution in [0, 0.1) is 0 Å². The molecule has 0 radical (unpaired) electrons. The highest BCUT2D eigenvalue weighted by Gasteiger charge is 2.32. The lowest BCUT2D eigenvalue weighted by atomic mass is 10.1. The van der Waals surface area contributed by atoms with Crippen LogP contribution in [0.4, 0.5) is 17.1 Å². The summed E-state index contributed by atoms with van der Waals surface area (Å²) in [6.45, 7) is 0. The summed E-state index contributed by atoms with van der Waals surface area (Å²) in [7, 11) is 8.07. The highest BCUT2D eigenvalue weighted by Crippen LogP contribution is 2.44. The maximum atomic E-state index is 11.2. The maximum Gasteiger partial charge on any atom is 0.335 e. The molecule has 0 bridgehead atoms. The highest BCUT2D eigenvalue weighted by molar-refractivity contribution is 5.92. The number of anilines is 3. The molecule has 0 aliphatic carbocycles. The molecule has 1 atom stereocenters. The largest absolute Gasteiger partial charge is 0.478 e. The molecular weight excluding hydrogens is 290 g/mol. The fourth-order valence-corrected chi connectivity index (χ4v) is 3.15. The van der Waals surface area contributed by atoms with Crippen LogP contribution in [0.1, 0.15) is 22.1 Å². The van der Waals surface area contributed by atoms with Crippen LogP contribution < -0.4 is 14.7 Å². The van der Waals surface area contributed by atoms with E-state index in [1.54, 1.807) is 12.1 Å². The minimum atomic E-state index is -0.900. The van der Waals surface area contributed by atoms with Crippen LogP contribution in [0.5, 0.6) is 0 Å². The number of aromatic carboxylic acids is 1. The Morgan fingerprint density at radius 1 is 1.00 bits per heavy atom. The molecule has 120 valence electrons. The van der Waals surface area contributed by atoms with Gasteiger partial charge in [0.25, 0.3) is 0 Å². The van der Waals surface area contributed by atoms with E-state index in [1.165, 1.54) is 5.56 Å². The molecule has 3 rings (SSSR count). The van der Waals surface area contributed by atoms with Gasteiger partial charge in [-0.25, -0.2) is 4.79 Å². The number of hydrogen-bond acceptors (Lipinski definition) is 4. The Balaban J connectivity index is 1.97. The molecule has 0 saturated heterocycles. The van der Waals surface area contributed by atoms with E-state index in [4.69, 9.17) is 0 Å². The zero-order valence-electron chi connectivity index (χ0n) is 13.8. The van der Waals surface area contributed by atoms with Gasteiger partial charge in [-0.2, -0.15) is 0 Å². The number of carbonyl (C=O) groups is 1. The van der Waals surface area contributed by atoms with Crippen molar-refractivity contribution in [1.29, 1.82) is 0 Å². The van der Waals surface area contributed by atoms with Gasteiger partial charge in [0.15, 0.2) is 0 Å². The van der Waals surface area contributed by atoms with Crippen LogP contribution in [-0.4, -0.2) is 39.3 Å². The second kappa shape index (κ2) is 5.50. The third-order valence-electron chi connectivity index (χ3n) is 4.42. The first kappa shape index (κ1) is 15.2. The fourth-order valence-electron chi connectivity index (χ4n) is 3.15. The molecule has 5 nitrogen and oxygen atoms in total. The molecule has 0 spiro atoms. The van der Waals surface area contributed by atoms with Gasteiger partial charge in [-0.3, -0.25) is 0 Å². The first-order valence-electron chi connectivity index (χ1n) is 7.50. The van der Waals surface area contributed by atoms with Crippen LogP contribution >= 0.6 is 0 Å². The fraction of sp³-hybridized carbons (Fsp3) is 0.278. The quantitative estimate of drug-likeness (QED) is 0.944. The maximum absolute atomic E-state index is 11.2. The van der Waals surface area contributed by atoms with Crippen molar-refractivity contribution >= 4 is 23.0 Å². The van der Waals surface area contributed by atoms with E-state index < -0.39 is 5.97 Å². The van der Waals surface area contributed by atoms with Gasteiger partial charge >= 0.3 is 5.97 Å². The van der Waals surface area contributed by atoms with Crippen LogP contribution in [-0.2, 0) is 0 Å². The number of benzene rings is 2. The van der Waals surface area contributed by atoms with Gasteiger partial charge in [0.1, 0.15) is 6.17 Å².